The van der Waals surface area contributed by atoms with Gasteiger partial charge in [-0.2, -0.15) is 0 Å². The molecule has 2 N–H and O–H groups in total. The predicted octanol–water partition coefficient (Wildman–Crippen LogP) is 3.52. The number of hydrogen-bond acceptors (Lipinski definition) is 5. The van der Waals surface area contributed by atoms with Gasteiger partial charge in [-0.25, -0.2) is 9.78 Å². The average Bonchev–Trinajstić information content (AvgIpc) is 3.13. The number of amides is 3. The quantitative estimate of drug-likeness (QED) is 0.670. The second-order valence-electron chi connectivity index (χ2n) is 6.61. The third-order valence-corrected chi connectivity index (χ3v) is 4.86. The van der Waals surface area contributed by atoms with Gasteiger partial charge in [0.05, 0.1) is 13.2 Å². The molecule has 0 fully saturated rings. The Kier molecular flexibility index (Phi) is 8.41. The van der Waals surface area contributed by atoms with E-state index in [0.717, 1.165) is 17.7 Å². The lowest BCUT2D eigenvalue weighted by Crippen LogP contribution is -2.37. The Hall–Kier alpha value is -2.45. The fraction of sp³-hybridized carbons (Fsp3) is 0.450. The summed E-state index contributed by atoms with van der Waals surface area (Å²) in [6, 6.07) is 7.56. The normalized spacial score (nSPS) is 10.8. The van der Waals surface area contributed by atoms with Crippen LogP contribution in [0.25, 0.3) is 0 Å². The molecule has 0 saturated heterocycles. The van der Waals surface area contributed by atoms with Crippen LogP contribution in [0.1, 0.15) is 41.8 Å². The Labute approximate surface area is 170 Å². The van der Waals surface area contributed by atoms with Crippen molar-refractivity contribution < 1.29 is 14.3 Å². The number of benzene rings is 1. The molecule has 0 aliphatic heterocycles. The van der Waals surface area contributed by atoms with Crippen molar-refractivity contribution >= 4 is 29.0 Å². The minimum absolute atomic E-state index is 0.0419. The first-order valence-electron chi connectivity index (χ1n) is 9.32. The highest BCUT2D eigenvalue weighted by Crippen LogP contribution is 2.18. The van der Waals surface area contributed by atoms with E-state index in [-0.39, 0.29) is 18.0 Å². The molecule has 0 unspecified atom stereocenters. The van der Waals surface area contributed by atoms with Crippen LogP contribution in [0.5, 0.6) is 0 Å². The number of carbonyl (C=O) groups is 2. The number of methoxy groups -OCH3 is 1. The van der Waals surface area contributed by atoms with Crippen molar-refractivity contribution in [1.82, 2.24) is 15.2 Å². The van der Waals surface area contributed by atoms with E-state index in [1.807, 2.05) is 45.0 Å². The lowest BCUT2D eigenvalue weighted by Gasteiger charge is -2.22. The zero-order valence-corrected chi connectivity index (χ0v) is 17.6. The third-order valence-electron chi connectivity index (χ3n) is 4.02. The number of nitrogens with zero attached hydrogens (tertiary/aromatic N) is 2. The Bertz CT molecular complexity index is 791. The molecule has 2 aromatic rings. The summed E-state index contributed by atoms with van der Waals surface area (Å²) in [4.78, 5) is 30.9. The van der Waals surface area contributed by atoms with Gasteiger partial charge in [-0.05, 0) is 31.9 Å². The molecule has 152 valence electrons. The van der Waals surface area contributed by atoms with Gasteiger partial charge < -0.3 is 20.3 Å². The molecule has 0 bridgehead atoms. The van der Waals surface area contributed by atoms with Crippen LogP contribution < -0.4 is 10.6 Å². The number of thiazole rings is 1. The minimum atomic E-state index is -0.221. The number of urea groups is 1. The molecule has 3 amide bonds. The van der Waals surface area contributed by atoms with Gasteiger partial charge in [-0.1, -0.05) is 25.1 Å². The number of para-hydroxylation sites is 1. The van der Waals surface area contributed by atoms with E-state index in [1.165, 1.54) is 11.3 Å². The summed E-state index contributed by atoms with van der Waals surface area (Å²) >= 11 is 1.36. The number of aryl methyl sites for hydroxylation is 1. The van der Waals surface area contributed by atoms with Crippen LogP contribution >= 0.6 is 11.3 Å². The van der Waals surface area contributed by atoms with Crippen molar-refractivity contribution in [2.45, 2.75) is 39.8 Å². The summed E-state index contributed by atoms with van der Waals surface area (Å²) in [5.74, 6) is -0.206. The molecule has 0 aliphatic carbocycles. The zero-order valence-electron chi connectivity index (χ0n) is 16.8. The summed E-state index contributed by atoms with van der Waals surface area (Å²) in [5, 5.41) is 8.21. The third kappa shape index (κ3) is 6.31. The highest BCUT2D eigenvalue weighted by molar-refractivity contribution is 7.09. The molecule has 0 spiro atoms. The Balaban J connectivity index is 2.09. The van der Waals surface area contributed by atoms with Gasteiger partial charge in [0.15, 0.2) is 0 Å². The fourth-order valence-corrected chi connectivity index (χ4v) is 3.37. The maximum atomic E-state index is 12.8. The first kappa shape index (κ1) is 21.8. The molecular weight excluding hydrogens is 376 g/mol. The van der Waals surface area contributed by atoms with Gasteiger partial charge in [0.1, 0.15) is 10.7 Å². The molecule has 28 heavy (non-hydrogen) atoms. The average molecular weight is 405 g/mol. The number of rotatable bonds is 9. The summed E-state index contributed by atoms with van der Waals surface area (Å²) in [7, 11) is 1.60. The maximum Gasteiger partial charge on any atom is 0.322 e. The summed E-state index contributed by atoms with van der Waals surface area (Å²) in [6.45, 7) is 6.99. The predicted molar refractivity (Wildman–Crippen MR) is 112 cm³/mol. The van der Waals surface area contributed by atoms with Crippen molar-refractivity contribution in [1.29, 1.82) is 0 Å². The lowest BCUT2D eigenvalue weighted by molar-refractivity contribution is 0.0938. The fourth-order valence-electron chi connectivity index (χ4n) is 2.59. The smallest absolute Gasteiger partial charge is 0.322 e. The first-order chi connectivity index (χ1) is 13.4. The second kappa shape index (κ2) is 10.8. The number of carbonyl (C=O) groups excluding carboxylic acids is 2. The molecule has 0 atom stereocenters. The standard InChI is InChI=1S/C20H28N4O3S/c1-5-15-8-6-7-9-16(15)23-20(26)24(10-11-27-4)12-18-22-17(13-28-18)19(25)21-14(2)3/h6-9,13-14H,5,10-12H2,1-4H3,(H,21,25)(H,23,26). The van der Waals surface area contributed by atoms with Crippen LogP contribution in [-0.4, -0.2) is 48.1 Å². The van der Waals surface area contributed by atoms with Crippen molar-refractivity contribution in [2.24, 2.45) is 0 Å². The molecular formula is C20H28N4O3S. The molecule has 2 rings (SSSR count). The molecule has 0 saturated carbocycles. The van der Waals surface area contributed by atoms with Crippen LogP contribution in [0.4, 0.5) is 10.5 Å². The van der Waals surface area contributed by atoms with E-state index in [4.69, 9.17) is 4.74 Å². The maximum absolute atomic E-state index is 12.8. The van der Waals surface area contributed by atoms with Crippen LogP contribution in [0.3, 0.4) is 0 Å². The number of ether oxygens (including phenoxy) is 1. The highest BCUT2D eigenvalue weighted by atomic mass is 32.1. The van der Waals surface area contributed by atoms with E-state index in [0.29, 0.717) is 30.4 Å². The van der Waals surface area contributed by atoms with E-state index in [1.54, 1.807) is 17.4 Å². The van der Waals surface area contributed by atoms with Gasteiger partial charge >= 0.3 is 6.03 Å². The summed E-state index contributed by atoms with van der Waals surface area (Å²) in [6.07, 6.45) is 0.829. The largest absolute Gasteiger partial charge is 0.383 e. The lowest BCUT2D eigenvalue weighted by atomic mass is 10.1. The van der Waals surface area contributed by atoms with Gasteiger partial charge in [0.2, 0.25) is 0 Å². The molecule has 7 nitrogen and oxygen atoms in total. The van der Waals surface area contributed by atoms with Crippen molar-refractivity contribution in [3.8, 4) is 0 Å². The summed E-state index contributed by atoms with van der Waals surface area (Å²) < 4.78 is 5.14. The van der Waals surface area contributed by atoms with Crippen LogP contribution in [0.2, 0.25) is 0 Å². The van der Waals surface area contributed by atoms with E-state index < -0.39 is 0 Å². The van der Waals surface area contributed by atoms with Crippen LogP contribution in [0.15, 0.2) is 29.6 Å². The van der Waals surface area contributed by atoms with E-state index in [2.05, 4.69) is 15.6 Å². The van der Waals surface area contributed by atoms with Crippen molar-refractivity contribution in [3.05, 3.63) is 45.9 Å². The minimum Gasteiger partial charge on any atom is -0.383 e. The van der Waals surface area contributed by atoms with Gasteiger partial charge in [0.25, 0.3) is 5.91 Å². The second-order valence-corrected chi connectivity index (χ2v) is 7.55. The van der Waals surface area contributed by atoms with E-state index in [9.17, 15) is 9.59 Å². The summed E-state index contributed by atoms with van der Waals surface area (Å²) in [5.41, 5.74) is 2.25. The van der Waals surface area contributed by atoms with Gasteiger partial charge in [-0.3, -0.25) is 4.79 Å². The zero-order chi connectivity index (χ0) is 20.5. The van der Waals surface area contributed by atoms with Gasteiger partial charge in [0, 0.05) is 30.8 Å². The molecule has 1 aromatic heterocycles. The number of nitrogens with one attached hydrogen (secondary N) is 2. The molecule has 0 aliphatic rings. The van der Waals surface area contributed by atoms with Gasteiger partial charge in [-0.15, -0.1) is 11.3 Å². The van der Waals surface area contributed by atoms with E-state index >= 15 is 0 Å². The topological polar surface area (TPSA) is 83.6 Å². The first-order valence-corrected chi connectivity index (χ1v) is 10.2. The highest BCUT2D eigenvalue weighted by Gasteiger charge is 2.18. The molecule has 0 radical (unpaired) electrons. The Morgan fingerprint density at radius 1 is 1.29 bits per heavy atom. The number of aromatic nitrogens is 1. The van der Waals surface area contributed by atoms with Crippen LogP contribution in [-0.2, 0) is 17.7 Å². The van der Waals surface area contributed by atoms with Crippen LogP contribution in [0, 0.1) is 0 Å². The molecule has 1 aromatic carbocycles. The van der Waals surface area contributed by atoms with Crippen molar-refractivity contribution in [2.75, 3.05) is 25.6 Å². The number of anilines is 1. The SMILES string of the molecule is CCc1ccccc1NC(=O)N(CCOC)Cc1nc(C(=O)NC(C)C)cs1. The number of hydrogen-bond donors (Lipinski definition) is 2. The monoisotopic (exact) mass is 404 g/mol. The Morgan fingerprint density at radius 3 is 2.71 bits per heavy atom. The molecule has 1 heterocycles. The molecule has 8 heteroatoms. The van der Waals surface area contributed by atoms with Crippen molar-refractivity contribution in [3.63, 3.8) is 0 Å². The Morgan fingerprint density at radius 2 is 2.04 bits per heavy atom.